The lowest BCUT2D eigenvalue weighted by atomic mass is 10.3. The molecule has 0 radical (unpaired) electrons. The summed E-state index contributed by atoms with van der Waals surface area (Å²) in [6, 6.07) is 9.21. The third kappa shape index (κ3) is 3.91. The van der Waals surface area contributed by atoms with Gasteiger partial charge in [0.2, 0.25) is 0 Å². The van der Waals surface area contributed by atoms with Gasteiger partial charge in [-0.15, -0.1) is 0 Å². The van der Waals surface area contributed by atoms with Crippen molar-refractivity contribution in [3.8, 4) is 5.75 Å². The molecular formula is C11H16O3S. The standard InChI is InChI=1S/C11H16O3S/c1-10(2)15(12,13)9-8-14-11-6-4-3-5-7-11/h3-7,10H,8-9H2,1-2H3. The van der Waals surface area contributed by atoms with Gasteiger partial charge >= 0.3 is 0 Å². The summed E-state index contributed by atoms with van der Waals surface area (Å²) in [6.45, 7) is 3.57. The summed E-state index contributed by atoms with van der Waals surface area (Å²) in [4.78, 5) is 0. The fraction of sp³-hybridized carbons (Fsp3) is 0.455. The van der Waals surface area contributed by atoms with Crippen LogP contribution in [-0.4, -0.2) is 26.0 Å². The van der Waals surface area contributed by atoms with Crippen LogP contribution in [-0.2, 0) is 9.84 Å². The lowest BCUT2D eigenvalue weighted by molar-refractivity contribution is 0.340. The van der Waals surface area contributed by atoms with E-state index in [9.17, 15) is 8.42 Å². The van der Waals surface area contributed by atoms with Crippen LogP contribution in [0.15, 0.2) is 30.3 Å². The minimum Gasteiger partial charge on any atom is -0.493 e. The molecule has 1 rings (SSSR count). The van der Waals surface area contributed by atoms with Crippen LogP contribution in [0.2, 0.25) is 0 Å². The first-order chi connectivity index (χ1) is 7.02. The van der Waals surface area contributed by atoms with E-state index in [2.05, 4.69) is 0 Å². The van der Waals surface area contributed by atoms with Crippen molar-refractivity contribution in [1.82, 2.24) is 0 Å². The van der Waals surface area contributed by atoms with Crippen molar-refractivity contribution < 1.29 is 13.2 Å². The van der Waals surface area contributed by atoms with Crippen molar-refractivity contribution in [2.24, 2.45) is 0 Å². The number of sulfone groups is 1. The minimum atomic E-state index is -2.99. The van der Waals surface area contributed by atoms with Crippen LogP contribution < -0.4 is 4.74 Å². The zero-order valence-corrected chi connectivity index (χ0v) is 9.83. The highest BCUT2D eigenvalue weighted by molar-refractivity contribution is 7.91. The average molecular weight is 228 g/mol. The molecule has 0 N–H and O–H groups in total. The van der Waals surface area contributed by atoms with E-state index < -0.39 is 9.84 Å². The second-order valence-corrected chi connectivity index (χ2v) is 6.25. The first kappa shape index (κ1) is 12.0. The number of rotatable bonds is 5. The van der Waals surface area contributed by atoms with Crippen molar-refractivity contribution >= 4 is 9.84 Å². The molecule has 4 heteroatoms. The Bertz CT molecular complexity index is 382. The van der Waals surface area contributed by atoms with Crippen molar-refractivity contribution in [2.75, 3.05) is 12.4 Å². The van der Waals surface area contributed by atoms with E-state index in [1.807, 2.05) is 30.3 Å². The molecule has 15 heavy (non-hydrogen) atoms. The van der Waals surface area contributed by atoms with Crippen molar-refractivity contribution in [2.45, 2.75) is 19.1 Å². The number of ether oxygens (including phenoxy) is 1. The van der Waals surface area contributed by atoms with Gasteiger partial charge in [0.25, 0.3) is 0 Å². The summed E-state index contributed by atoms with van der Waals surface area (Å²) >= 11 is 0. The van der Waals surface area contributed by atoms with Gasteiger partial charge in [0, 0.05) is 0 Å². The van der Waals surface area contributed by atoms with Crippen LogP contribution in [0.3, 0.4) is 0 Å². The highest BCUT2D eigenvalue weighted by atomic mass is 32.2. The molecule has 1 aromatic carbocycles. The van der Waals surface area contributed by atoms with E-state index in [4.69, 9.17) is 4.74 Å². The van der Waals surface area contributed by atoms with Gasteiger partial charge in [0.1, 0.15) is 12.4 Å². The third-order valence-electron chi connectivity index (χ3n) is 2.10. The molecule has 0 heterocycles. The highest BCUT2D eigenvalue weighted by Gasteiger charge is 2.15. The molecule has 84 valence electrons. The van der Waals surface area contributed by atoms with E-state index >= 15 is 0 Å². The molecule has 0 atom stereocenters. The molecule has 0 aliphatic carbocycles. The number of para-hydroxylation sites is 1. The Morgan fingerprint density at radius 3 is 2.33 bits per heavy atom. The van der Waals surface area contributed by atoms with Gasteiger partial charge < -0.3 is 4.74 Å². The van der Waals surface area contributed by atoms with Crippen LogP contribution >= 0.6 is 0 Å². The normalized spacial score (nSPS) is 11.7. The molecule has 0 aromatic heterocycles. The quantitative estimate of drug-likeness (QED) is 0.773. The molecular weight excluding hydrogens is 212 g/mol. The van der Waals surface area contributed by atoms with Crippen molar-refractivity contribution in [3.63, 3.8) is 0 Å². The van der Waals surface area contributed by atoms with Crippen LogP contribution in [0.25, 0.3) is 0 Å². The average Bonchev–Trinajstić information content (AvgIpc) is 2.19. The molecule has 0 saturated carbocycles. The third-order valence-corrected chi connectivity index (χ3v) is 4.27. The molecule has 1 aromatic rings. The second kappa shape index (κ2) is 5.16. The topological polar surface area (TPSA) is 43.4 Å². The predicted octanol–water partition coefficient (Wildman–Crippen LogP) is 1.89. The molecule has 0 amide bonds. The fourth-order valence-electron chi connectivity index (χ4n) is 1.03. The predicted molar refractivity (Wildman–Crippen MR) is 60.9 cm³/mol. The van der Waals surface area contributed by atoms with Crippen molar-refractivity contribution in [3.05, 3.63) is 30.3 Å². The monoisotopic (exact) mass is 228 g/mol. The van der Waals surface area contributed by atoms with Gasteiger partial charge in [-0.25, -0.2) is 8.42 Å². The lowest BCUT2D eigenvalue weighted by Gasteiger charge is -2.08. The van der Waals surface area contributed by atoms with Gasteiger partial charge in [-0.3, -0.25) is 0 Å². The molecule has 3 nitrogen and oxygen atoms in total. The van der Waals surface area contributed by atoms with Crippen LogP contribution in [0, 0.1) is 0 Å². The van der Waals surface area contributed by atoms with E-state index in [1.54, 1.807) is 13.8 Å². The summed E-state index contributed by atoms with van der Waals surface area (Å²) in [6.07, 6.45) is 0. The van der Waals surface area contributed by atoms with E-state index in [1.165, 1.54) is 0 Å². The smallest absolute Gasteiger partial charge is 0.155 e. The van der Waals surface area contributed by atoms with E-state index in [-0.39, 0.29) is 17.6 Å². The molecule has 0 unspecified atom stereocenters. The van der Waals surface area contributed by atoms with E-state index in [0.29, 0.717) is 5.75 Å². The largest absolute Gasteiger partial charge is 0.493 e. The summed E-state index contributed by atoms with van der Waals surface area (Å²) in [7, 11) is -2.99. The summed E-state index contributed by atoms with van der Waals surface area (Å²) < 4.78 is 28.2. The number of hydrogen-bond acceptors (Lipinski definition) is 3. The number of hydrogen-bond donors (Lipinski definition) is 0. The van der Waals surface area contributed by atoms with Gasteiger partial charge in [-0.05, 0) is 26.0 Å². The Kier molecular flexibility index (Phi) is 4.15. The van der Waals surface area contributed by atoms with Gasteiger partial charge in [0.05, 0.1) is 11.0 Å². The van der Waals surface area contributed by atoms with Crippen molar-refractivity contribution in [1.29, 1.82) is 0 Å². The molecule has 0 aliphatic rings. The maximum atomic E-state index is 11.4. The van der Waals surface area contributed by atoms with Crippen LogP contribution in [0.5, 0.6) is 5.75 Å². The molecule has 0 saturated heterocycles. The maximum Gasteiger partial charge on any atom is 0.155 e. The summed E-state index contributed by atoms with van der Waals surface area (Å²) in [5.74, 6) is 0.774. The van der Waals surface area contributed by atoms with Gasteiger partial charge in [0.15, 0.2) is 9.84 Å². The fourth-order valence-corrected chi connectivity index (χ4v) is 1.82. The Labute approximate surface area is 91.0 Å². The maximum absolute atomic E-state index is 11.4. The first-order valence-corrected chi connectivity index (χ1v) is 6.63. The van der Waals surface area contributed by atoms with Gasteiger partial charge in [-0.2, -0.15) is 0 Å². The summed E-state index contributed by atoms with van der Waals surface area (Å²) in [5.41, 5.74) is 0. The summed E-state index contributed by atoms with van der Waals surface area (Å²) in [5, 5.41) is -0.336. The van der Waals surface area contributed by atoms with Crippen LogP contribution in [0.4, 0.5) is 0 Å². The SMILES string of the molecule is CC(C)S(=O)(=O)CCOc1ccccc1. The lowest BCUT2D eigenvalue weighted by Crippen LogP contribution is -2.21. The molecule has 0 bridgehead atoms. The first-order valence-electron chi connectivity index (χ1n) is 4.92. The Balaban J connectivity index is 2.41. The van der Waals surface area contributed by atoms with E-state index in [0.717, 1.165) is 0 Å². The van der Waals surface area contributed by atoms with Gasteiger partial charge in [-0.1, -0.05) is 18.2 Å². The minimum absolute atomic E-state index is 0.0690. The highest BCUT2D eigenvalue weighted by Crippen LogP contribution is 2.09. The molecule has 0 spiro atoms. The zero-order valence-electron chi connectivity index (χ0n) is 9.01. The molecule has 0 fully saturated rings. The number of benzene rings is 1. The zero-order chi connectivity index (χ0) is 11.3. The Morgan fingerprint density at radius 1 is 1.20 bits per heavy atom. The Morgan fingerprint density at radius 2 is 1.80 bits per heavy atom. The Hall–Kier alpha value is -1.03. The van der Waals surface area contributed by atoms with Crippen LogP contribution in [0.1, 0.15) is 13.8 Å². The molecule has 0 aliphatic heterocycles. The second-order valence-electron chi connectivity index (χ2n) is 3.58.